The largest absolute Gasteiger partial charge is 0.489 e. The Labute approximate surface area is 183 Å². The van der Waals surface area contributed by atoms with Gasteiger partial charge in [-0.05, 0) is 65.7 Å². The number of hydrogen-bond acceptors (Lipinski definition) is 4. The first kappa shape index (κ1) is 21.1. The fourth-order valence-electron chi connectivity index (χ4n) is 2.47. The van der Waals surface area contributed by atoms with Crippen molar-refractivity contribution < 1.29 is 13.2 Å². The lowest BCUT2D eigenvalue weighted by molar-refractivity contribution is 0.306. The number of hydrogen-bond donors (Lipinski definition) is 0. The van der Waals surface area contributed by atoms with E-state index in [9.17, 15) is 13.7 Å². The lowest BCUT2D eigenvalue weighted by Gasteiger charge is -2.07. The quantitative estimate of drug-likeness (QED) is 0.398. The number of benzene rings is 3. The van der Waals surface area contributed by atoms with E-state index in [1.165, 1.54) is 30.3 Å². The molecule has 7 heteroatoms. The van der Waals surface area contributed by atoms with Crippen LogP contribution in [0.5, 0.6) is 5.75 Å². The van der Waals surface area contributed by atoms with Gasteiger partial charge >= 0.3 is 0 Å². The van der Waals surface area contributed by atoms with Crippen LogP contribution in [0.15, 0.2) is 87.1 Å². The highest BCUT2D eigenvalue weighted by molar-refractivity contribution is 9.10. The van der Waals surface area contributed by atoms with Crippen molar-refractivity contribution in [1.29, 1.82) is 5.26 Å². The van der Waals surface area contributed by atoms with Crippen molar-refractivity contribution in [2.45, 2.75) is 11.5 Å². The second-order valence-corrected chi connectivity index (χ2v) is 9.33. The number of halogens is 2. The molecule has 0 bridgehead atoms. The van der Waals surface area contributed by atoms with Crippen molar-refractivity contribution in [3.05, 3.63) is 98.3 Å². The van der Waals surface area contributed by atoms with Crippen LogP contribution in [0.25, 0.3) is 6.08 Å². The van der Waals surface area contributed by atoms with Crippen LogP contribution in [-0.2, 0) is 16.4 Å². The third-order valence-corrected chi connectivity index (χ3v) is 6.48. The van der Waals surface area contributed by atoms with Crippen molar-refractivity contribution in [1.82, 2.24) is 0 Å². The van der Waals surface area contributed by atoms with Crippen molar-refractivity contribution in [3.8, 4) is 11.8 Å². The summed E-state index contributed by atoms with van der Waals surface area (Å²) in [4.78, 5) is -0.326. The van der Waals surface area contributed by atoms with Gasteiger partial charge in [0.15, 0.2) is 0 Å². The predicted molar refractivity (Wildman–Crippen MR) is 117 cm³/mol. The molecule has 0 saturated heterocycles. The molecule has 0 heterocycles. The maximum absolute atomic E-state index is 12.7. The lowest BCUT2D eigenvalue weighted by Crippen LogP contribution is -2.03. The molecule has 0 unspecified atom stereocenters. The first-order chi connectivity index (χ1) is 13.9. The SMILES string of the molecule is N#CC(=Cc1ccc(OCc2ccc(Br)cc2)cc1)S(=O)(=O)c1ccc(Cl)cc1. The van der Waals surface area contributed by atoms with E-state index in [1.54, 1.807) is 30.3 Å². The number of sulfone groups is 1. The fraction of sp³-hybridized carbons (Fsp3) is 0.0455. The number of nitrogens with zero attached hydrogens (tertiary/aromatic N) is 1. The van der Waals surface area contributed by atoms with Gasteiger partial charge in [0, 0.05) is 9.50 Å². The van der Waals surface area contributed by atoms with Crippen molar-refractivity contribution >= 4 is 43.4 Å². The molecule has 29 heavy (non-hydrogen) atoms. The molecule has 0 radical (unpaired) electrons. The van der Waals surface area contributed by atoms with Gasteiger partial charge < -0.3 is 4.74 Å². The molecule has 0 aliphatic heterocycles. The van der Waals surface area contributed by atoms with Gasteiger partial charge in [-0.2, -0.15) is 5.26 Å². The van der Waals surface area contributed by atoms with Gasteiger partial charge in [0.05, 0.1) is 4.90 Å². The number of rotatable bonds is 6. The summed E-state index contributed by atoms with van der Waals surface area (Å²) in [7, 11) is -3.92. The van der Waals surface area contributed by atoms with Crippen LogP contribution in [0.4, 0.5) is 0 Å². The van der Waals surface area contributed by atoms with Crippen molar-refractivity contribution in [2.75, 3.05) is 0 Å². The zero-order chi connectivity index (χ0) is 20.9. The molecule has 3 aromatic carbocycles. The molecular weight excluding hydrogens is 474 g/mol. The fourth-order valence-corrected chi connectivity index (χ4v) is 4.02. The van der Waals surface area contributed by atoms with E-state index >= 15 is 0 Å². The van der Waals surface area contributed by atoms with Crippen LogP contribution < -0.4 is 4.74 Å². The summed E-state index contributed by atoms with van der Waals surface area (Å²) >= 11 is 9.19. The first-order valence-electron chi connectivity index (χ1n) is 8.48. The highest BCUT2D eigenvalue weighted by Crippen LogP contribution is 2.24. The van der Waals surface area contributed by atoms with Crippen LogP contribution in [-0.4, -0.2) is 8.42 Å². The second-order valence-electron chi connectivity index (χ2n) is 6.06. The molecule has 0 spiro atoms. The minimum Gasteiger partial charge on any atom is -0.489 e. The molecule has 0 atom stereocenters. The summed E-state index contributed by atoms with van der Waals surface area (Å²) in [5, 5.41) is 9.79. The molecule has 0 aromatic heterocycles. The first-order valence-corrected chi connectivity index (χ1v) is 11.1. The Bertz CT molecular complexity index is 1160. The minimum atomic E-state index is -3.92. The predicted octanol–water partition coefficient (Wildman–Crippen LogP) is 6.02. The van der Waals surface area contributed by atoms with Gasteiger partial charge in [0.25, 0.3) is 0 Å². The molecule has 3 aromatic rings. The molecule has 0 fully saturated rings. The highest BCUT2D eigenvalue weighted by Gasteiger charge is 2.20. The van der Waals surface area contributed by atoms with Crippen molar-refractivity contribution in [2.24, 2.45) is 0 Å². The maximum Gasteiger partial charge on any atom is 0.216 e. The summed E-state index contributed by atoms with van der Waals surface area (Å²) in [6.07, 6.45) is 1.34. The second kappa shape index (κ2) is 9.27. The summed E-state index contributed by atoms with van der Waals surface area (Å²) < 4.78 is 32.1. The van der Waals surface area contributed by atoms with Crippen LogP contribution in [0, 0.1) is 11.3 Å². The minimum absolute atomic E-state index is 0.0177. The van der Waals surface area contributed by atoms with E-state index in [0.717, 1.165) is 10.0 Å². The molecule has 0 amide bonds. The number of allylic oxidation sites excluding steroid dienone is 1. The molecule has 0 aliphatic carbocycles. The van der Waals surface area contributed by atoms with E-state index < -0.39 is 9.84 Å². The molecular formula is C22H15BrClNO3S. The molecule has 3 rings (SSSR count). The van der Waals surface area contributed by atoms with Crippen LogP contribution in [0.3, 0.4) is 0 Å². The molecule has 146 valence electrons. The summed E-state index contributed by atoms with van der Waals surface area (Å²) in [5.41, 5.74) is 1.60. The van der Waals surface area contributed by atoms with E-state index in [-0.39, 0.29) is 9.80 Å². The van der Waals surface area contributed by atoms with E-state index in [2.05, 4.69) is 15.9 Å². The van der Waals surface area contributed by atoms with Crippen LogP contribution in [0.2, 0.25) is 5.02 Å². The van der Waals surface area contributed by atoms with Gasteiger partial charge in [-0.15, -0.1) is 0 Å². The topological polar surface area (TPSA) is 67.2 Å². The molecule has 0 N–H and O–H groups in total. The van der Waals surface area contributed by atoms with Crippen molar-refractivity contribution in [3.63, 3.8) is 0 Å². The zero-order valence-corrected chi connectivity index (χ0v) is 18.2. The third kappa shape index (κ3) is 5.48. The third-order valence-electron chi connectivity index (χ3n) is 4.02. The Balaban J connectivity index is 1.75. The number of ether oxygens (including phenoxy) is 1. The Morgan fingerprint density at radius 1 is 1.00 bits per heavy atom. The van der Waals surface area contributed by atoms with Crippen LogP contribution >= 0.6 is 27.5 Å². The van der Waals surface area contributed by atoms with E-state index in [0.29, 0.717) is 22.9 Å². The summed E-state index contributed by atoms with van der Waals surface area (Å²) in [5.74, 6) is 0.643. The number of nitriles is 1. The maximum atomic E-state index is 12.7. The van der Waals surface area contributed by atoms with E-state index in [4.69, 9.17) is 16.3 Å². The smallest absolute Gasteiger partial charge is 0.216 e. The van der Waals surface area contributed by atoms with Gasteiger partial charge in [-0.3, -0.25) is 0 Å². The molecule has 0 aliphatic rings. The monoisotopic (exact) mass is 487 g/mol. The Morgan fingerprint density at radius 2 is 1.62 bits per heavy atom. The molecule has 4 nitrogen and oxygen atoms in total. The van der Waals surface area contributed by atoms with Gasteiger partial charge in [-0.1, -0.05) is 51.8 Å². The summed E-state index contributed by atoms with van der Waals surface area (Å²) in [6, 6.07) is 22.1. The van der Waals surface area contributed by atoms with E-state index in [1.807, 2.05) is 24.3 Å². The standard InChI is InChI=1S/C22H15BrClNO3S/c23-18-5-1-17(2-6-18)15-28-20-9-3-16(4-10-20)13-22(14-25)29(26,27)21-11-7-19(24)8-12-21/h1-13H,15H2. The Kier molecular flexibility index (Phi) is 6.75. The van der Waals surface area contributed by atoms with Gasteiger partial charge in [-0.25, -0.2) is 8.42 Å². The van der Waals surface area contributed by atoms with Crippen LogP contribution in [0.1, 0.15) is 11.1 Å². The highest BCUT2D eigenvalue weighted by atomic mass is 79.9. The average Bonchev–Trinajstić information content (AvgIpc) is 2.72. The Morgan fingerprint density at radius 3 is 2.21 bits per heavy atom. The average molecular weight is 489 g/mol. The Hall–Kier alpha value is -2.59. The normalized spacial score (nSPS) is 11.7. The molecule has 0 saturated carbocycles. The lowest BCUT2D eigenvalue weighted by atomic mass is 10.2. The summed E-state index contributed by atoms with van der Waals surface area (Å²) in [6.45, 7) is 0.414. The van der Waals surface area contributed by atoms with Gasteiger partial charge in [0.2, 0.25) is 9.84 Å². The zero-order valence-electron chi connectivity index (χ0n) is 15.0. The van der Waals surface area contributed by atoms with Gasteiger partial charge in [0.1, 0.15) is 23.3 Å².